The second kappa shape index (κ2) is 5.45. The van der Waals surface area contributed by atoms with Crippen LogP contribution in [0.5, 0.6) is 5.75 Å². The van der Waals surface area contributed by atoms with Gasteiger partial charge in [-0.3, -0.25) is 0 Å². The van der Waals surface area contributed by atoms with Crippen LogP contribution in [0.15, 0.2) is 36.4 Å². The molecule has 0 fully saturated rings. The van der Waals surface area contributed by atoms with Gasteiger partial charge in [0, 0.05) is 0 Å². The van der Waals surface area contributed by atoms with Crippen molar-refractivity contribution in [1.29, 1.82) is 0 Å². The highest BCUT2D eigenvalue weighted by molar-refractivity contribution is 5.42. The molecule has 0 aliphatic heterocycles. The highest BCUT2D eigenvalue weighted by atomic mass is 16.5. The van der Waals surface area contributed by atoms with Gasteiger partial charge >= 0.3 is 0 Å². The van der Waals surface area contributed by atoms with Gasteiger partial charge in [0.1, 0.15) is 11.9 Å². The smallest absolute Gasteiger partial charge is 0.122 e. The first-order valence-electron chi connectivity index (χ1n) is 6.42. The Labute approximate surface area is 114 Å². The third-order valence-corrected chi connectivity index (χ3v) is 3.47. The van der Waals surface area contributed by atoms with E-state index in [-0.39, 0.29) is 0 Å². The Morgan fingerprint density at radius 3 is 2.32 bits per heavy atom. The summed E-state index contributed by atoms with van der Waals surface area (Å²) in [5.74, 6) is 0.807. The first-order valence-corrected chi connectivity index (χ1v) is 6.42. The molecule has 0 heterocycles. The van der Waals surface area contributed by atoms with Crippen molar-refractivity contribution in [1.82, 2.24) is 0 Å². The molecule has 0 aliphatic carbocycles. The first-order chi connectivity index (χ1) is 9.02. The van der Waals surface area contributed by atoms with Gasteiger partial charge in [-0.2, -0.15) is 0 Å². The number of hydrogen-bond acceptors (Lipinski definition) is 2. The monoisotopic (exact) mass is 256 g/mol. The number of rotatable bonds is 3. The minimum atomic E-state index is -0.616. The van der Waals surface area contributed by atoms with Crippen LogP contribution in [0.25, 0.3) is 0 Å². The second-order valence-corrected chi connectivity index (χ2v) is 4.99. The predicted octanol–water partition coefficient (Wildman–Crippen LogP) is 3.70. The summed E-state index contributed by atoms with van der Waals surface area (Å²) in [6.07, 6.45) is -0.616. The van der Waals surface area contributed by atoms with E-state index >= 15 is 0 Å². The molecule has 19 heavy (non-hydrogen) atoms. The Balaban J connectivity index is 2.40. The van der Waals surface area contributed by atoms with Gasteiger partial charge in [0.2, 0.25) is 0 Å². The third kappa shape index (κ3) is 2.79. The van der Waals surface area contributed by atoms with E-state index in [1.165, 1.54) is 5.56 Å². The number of hydrogen-bond donors (Lipinski definition) is 1. The Bertz CT molecular complexity index is 588. The highest BCUT2D eigenvalue weighted by Gasteiger charge is 2.14. The van der Waals surface area contributed by atoms with Crippen LogP contribution in [-0.4, -0.2) is 12.2 Å². The Morgan fingerprint density at radius 1 is 0.947 bits per heavy atom. The number of aliphatic hydroxyl groups is 1. The van der Waals surface area contributed by atoms with Gasteiger partial charge in [-0.1, -0.05) is 35.9 Å². The van der Waals surface area contributed by atoms with Gasteiger partial charge in [-0.05, 0) is 49.1 Å². The highest BCUT2D eigenvalue weighted by Crippen LogP contribution is 2.29. The van der Waals surface area contributed by atoms with Gasteiger partial charge in [-0.15, -0.1) is 0 Å². The minimum Gasteiger partial charge on any atom is -0.496 e. The van der Waals surface area contributed by atoms with E-state index < -0.39 is 6.10 Å². The summed E-state index contributed by atoms with van der Waals surface area (Å²) in [5, 5.41) is 10.5. The first kappa shape index (κ1) is 13.6. The van der Waals surface area contributed by atoms with Crippen LogP contribution in [0.3, 0.4) is 0 Å². The maximum atomic E-state index is 10.5. The zero-order chi connectivity index (χ0) is 14.0. The SMILES string of the molecule is COc1cc(C(O)c2ccc(C)cc2C)ccc1C. The van der Waals surface area contributed by atoms with Crippen molar-refractivity contribution < 1.29 is 9.84 Å². The summed E-state index contributed by atoms with van der Waals surface area (Å²) < 4.78 is 5.31. The number of methoxy groups -OCH3 is 1. The summed E-state index contributed by atoms with van der Waals surface area (Å²) in [4.78, 5) is 0. The van der Waals surface area contributed by atoms with Gasteiger partial charge in [0.15, 0.2) is 0 Å². The molecule has 0 saturated heterocycles. The molecule has 2 aromatic carbocycles. The lowest BCUT2D eigenvalue weighted by Gasteiger charge is -2.16. The van der Waals surface area contributed by atoms with Crippen LogP contribution in [0.2, 0.25) is 0 Å². The van der Waals surface area contributed by atoms with Crippen LogP contribution >= 0.6 is 0 Å². The Kier molecular flexibility index (Phi) is 3.91. The number of ether oxygens (including phenoxy) is 1. The molecule has 2 heteroatoms. The van der Waals surface area contributed by atoms with Crippen molar-refractivity contribution in [2.75, 3.05) is 7.11 Å². The predicted molar refractivity (Wildman–Crippen MR) is 77.7 cm³/mol. The van der Waals surface area contributed by atoms with Gasteiger partial charge in [-0.25, -0.2) is 0 Å². The summed E-state index contributed by atoms with van der Waals surface area (Å²) in [6.45, 7) is 6.07. The van der Waals surface area contributed by atoms with Crippen LogP contribution in [-0.2, 0) is 0 Å². The van der Waals surface area contributed by atoms with Gasteiger partial charge < -0.3 is 9.84 Å². The zero-order valence-electron chi connectivity index (χ0n) is 11.9. The van der Waals surface area contributed by atoms with Crippen molar-refractivity contribution in [3.05, 3.63) is 64.2 Å². The maximum Gasteiger partial charge on any atom is 0.122 e. The van der Waals surface area contributed by atoms with E-state index in [1.54, 1.807) is 7.11 Å². The van der Waals surface area contributed by atoms with Crippen molar-refractivity contribution in [3.63, 3.8) is 0 Å². The van der Waals surface area contributed by atoms with Crippen molar-refractivity contribution >= 4 is 0 Å². The largest absolute Gasteiger partial charge is 0.496 e. The molecule has 0 amide bonds. The molecule has 0 bridgehead atoms. The average Bonchev–Trinajstić information content (AvgIpc) is 2.38. The van der Waals surface area contributed by atoms with Crippen LogP contribution in [0.4, 0.5) is 0 Å². The zero-order valence-corrected chi connectivity index (χ0v) is 11.9. The van der Waals surface area contributed by atoms with E-state index in [9.17, 15) is 5.11 Å². The Morgan fingerprint density at radius 2 is 1.68 bits per heavy atom. The lowest BCUT2D eigenvalue weighted by atomic mass is 9.95. The standard InChI is InChI=1S/C17H20O2/c1-11-5-8-15(13(3)9-11)17(18)14-7-6-12(2)16(10-14)19-4/h5-10,17-18H,1-4H3. The van der Waals surface area contributed by atoms with E-state index in [2.05, 4.69) is 13.0 Å². The van der Waals surface area contributed by atoms with E-state index in [1.807, 2.05) is 44.2 Å². The topological polar surface area (TPSA) is 29.5 Å². The van der Waals surface area contributed by atoms with Crippen molar-refractivity contribution in [2.24, 2.45) is 0 Å². The molecular weight excluding hydrogens is 236 g/mol. The number of aliphatic hydroxyl groups excluding tert-OH is 1. The van der Waals surface area contributed by atoms with Crippen LogP contribution < -0.4 is 4.74 Å². The fraction of sp³-hybridized carbons (Fsp3) is 0.294. The summed E-state index contributed by atoms with van der Waals surface area (Å²) in [7, 11) is 1.65. The lowest BCUT2D eigenvalue weighted by Crippen LogP contribution is -2.03. The quantitative estimate of drug-likeness (QED) is 0.907. The number of aryl methyl sites for hydroxylation is 3. The molecule has 0 saturated carbocycles. The molecule has 1 atom stereocenters. The summed E-state index contributed by atoms with van der Waals surface area (Å²) in [6, 6.07) is 11.9. The van der Waals surface area contributed by atoms with Gasteiger partial charge in [0.25, 0.3) is 0 Å². The molecular formula is C17H20O2. The Hall–Kier alpha value is -1.80. The third-order valence-electron chi connectivity index (χ3n) is 3.47. The summed E-state index contributed by atoms with van der Waals surface area (Å²) >= 11 is 0. The minimum absolute atomic E-state index is 0.616. The van der Waals surface area contributed by atoms with E-state index in [0.29, 0.717) is 0 Å². The van der Waals surface area contributed by atoms with Crippen molar-refractivity contribution in [2.45, 2.75) is 26.9 Å². The lowest BCUT2D eigenvalue weighted by molar-refractivity contribution is 0.219. The van der Waals surface area contributed by atoms with E-state index in [4.69, 9.17) is 4.74 Å². The molecule has 1 N–H and O–H groups in total. The molecule has 0 aromatic heterocycles. The fourth-order valence-electron chi connectivity index (χ4n) is 2.32. The normalized spacial score (nSPS) is 12.3. The molecule has 2 aromatic rings. The maximum absolute atomic E-state index is 10.5. The average molecular weight is 256 g/mol. The molecule has 0 radical (unpaired) electrons. The summed E-state index contributed by atoms with van der Waals surface area (Å²) in [5.41, 5.74) is 5.17. The number of benzene rings is 2. The second-order valence-electron chi connectivity index (χ2n) is 4.99. The molecule has 2 nitrogen and oxygen atoms in total. The van der Waals surface area contributed by atoms with Crippen LogP contribution in [0.1, 0.15) is 33.9 Å². The molecule has 0 aliphatic rings. The molecule has 100 valence electrons. The molecule has 0 spiro atoms. The van der Waals surface area contributed by atoms with Gasteiger partial charge in [0.05, 0.1) is 7.11 Å². The van der Waals surface area contributed by atoms with Crippen molar-refractivity contribution in [3.8, 4) is 5.75 Å². The van der Waals surface area contributed by atoms with E-state index in [0.717, 1.165) is 28.0 Å². The fourth-order valence-corrected chi connectivity index (χ4v) is 2.32. The van der Waals surface area contributed by atoms with Crippen LogP contribution in [0, 0.1) is 20.8 Å². The molecule has 1 unspecified atom stereocenters. The molecule has 2 rings (SSSR count).